The van der Waals surface area contributed by atoms with Crippen LogP contribution in [-0.4, -0.2) is 92.1 Å². The van der Waals surface area contributed by atoms with Crippen molar-refractivity contribution in [2.45, 2.75) is 56.2 Å². The van der Waals surface area contributed by atoms with Crippen LogP contribution in [0.4, 0.5) is 18.9 Å². The van der Waals surface area contributed by atoms with Crippen molar-refractivity contribution in [2.24, 2.45) is 7.05 Å². The number of pyridine rings is 3. The highest BCUT2D eigenvalue weighted by Gasteiger charge is 2.45. The van der Waals surface area contributed by atoms with E-state index in [2.05, 4.69) is 32.1 Å². The number of nitrogens with one attached hydrogen (secondary N) is 1. The quantitative estimate of drug-likeness (QED) is 0.138. The van der Waals surface area contributed by atoms with Crippen molar-refractivity contribution >= 4 is 51.1 Å². The average molecular weight is 856 g/mol. The number of halogens is 3. The second-order valence-corrected chi connectivity index (χ2v) is 15.9. The fourth-order valence-corrected chi connectivity index (χ4v) is 8.42. The van der Waals surface area contributed by atoms with Crippen LogP contribution in [0.2, 0.25) is 0 Å². The summed E-state index contributed by atoms with van der Waals surface area (Å²) in [6.07, 6.45) is 1.75. The number of imide groups is 2. The smallest absolute Gasteiger partial charge is 0.421 e. The number of amides is 4. The monoisotopic (exact) mass is 855 g/mol. The van der Waals surface area contributed by atoms with Crippen molar-refractivity contribution in [1.82, 2.24) is 29.7 Å². The van der Waals surface area contributed by atoms with E-state index in [1.807, 2.05) is 34.7 Å². The van der Waals surface area contributed by atoms with Gasteiger partial charge in [-0.1, -0.05) is 18.1 Å². The summed E-state index contributed by atoms with van der Waals surface area (Å²) >= 11 is 0. The number of aromatic nitrogens is 4. The molecule has 0 radical (unpaired) electrons. The molecule has 4 aromatic heterocycles. The number of carbonyl (C=O) groups is 4. The Bertz CT molecular complexity index is 2930. The molecule has 4 aliphatic rings. The van der Waals surface area contributed by atoms with Gasteiger partial charge in [0, 0.05) is 85.5 Å². The van der Waals surface area contributed by atoms with Crippen molar-refractivity contribution < 1.29 is 46.6 Å². The zero-order chi connectivity index (χ0) is 43.6. The van der Waals surface area contributed by atoms with Crippen LogP contribution >= 0.6 is 0 Å². The summed E-state index contributed by atoms with van der Waals surface area (Å²) in [5, 5.41) is 4.12. The number of anilines is 1. The summed E-state index contributed by atoms with van der Waals surface area (Å²) in [5.74, 6) is 3.75. The molecule has 17 heteroatoms. The predicted molar refractivity (Wildman–Crippen MR) is 221 cm³/mol. The van der Waals surface area contributed by atoms with Gasteiger partial charge in [-0.05, 0) is 66.4 Å². The molecule has 3 aliphatic heterocycles. The minimum atomic E-state index is -4.68. The van der Waals surface area contributed by atoms with Crippen LogP contribution < -0.4 is 19.7 Å². The Labute approximate surface area is 357 Å². The molecule has 318 valence electrons. The molecule has 1 saturated carbocycles. The third-order valence-corrected chi connectivity index (χ3v) is 11.9. The zero-order valence-electron chi connectivity index (χ0n) is 33.5. The lowest BCUT2D eigenvalue weighted by Crippen LogP contribution is -2.54. The van der Waals surface area contributed by atoms with Crippen LogP contribution in [0.15, 0.2) is 85.5 Å². The topological polar surface area (TPSA) is 158 Å². The van der Waals surface area contributed by atoms with Crippen LogP contribution in [0.1, 0.15) is 57.7 Å². The Balaban J connectivity index is 0.684. The first kappa shape index (κ1) is 39.8. The van der Waals surface area contributed by atoms with E-state index < -0.39 is 53.4 Å². The van der Waals surface area contributed by atoms with E-state index in [1.54, 1.807) is 48.8 Å². The Hall–Kier alpha value is -7.32. The molecule has 1 atom stereocenters. The molecular weight excluding hydrogens is 820 g/mol. The number of alkyl halides is 3. The minimum absolute atomic E-state index is 0.0521. The van der Waals surface area contributed by atoms with Gasteiger partial charge in [0.15, 0.2) is 0 Å². The van der Waals surface area contributed by atoms with Crippen LogP contribution in [0.3, 0.4) is 0 Å². The normalized spacial score (nSPS) is 20.0. The molecule has 1 N–H and O–H groups in total. The van der Waals surface area contributed by atoms with Gasteiger partial charge < -0.3 is 23.7 Å². The van der Waals surface area contributed by atoms with E-state index in [-0.39, 0.29) is 42.8 Å². The minimum Gasteiger partial charge on any atom is -0.489 e. The molecule has 2 saturated heterocycles. The van der Waals surface area contributed by atoms with E-state index >= 15 is 0 Å². The van der Waals surface area contributed by atoms with Gasteiger partial charge in [0.05, 0.1) is 28.9 Å². The number of nitrogens with zero attached hydrogens (tertiary/aromatic N) is 6. The third-order valence-electron chi connectivity index (χ3n) is 11.9. The molecule has 10 rings (SSSR count). The number of aryl methyl sites for hydroxylation is 1. The van der Waals surface area contributed by atoms with Crippen molar-refractivity contribution in [1.29, 1.82) is 0 Å². The second-order valence-electron chi connectivity index (χ2n) is 15.9. The number of piperidine rings is 1. The number of ether oxygens (including phenoxy) is 3. The molecule has 0 spiro atoms. The van der Waals surface area contributed by atoms with Gasteiger partial charge in [0.25, 0.3) is 11.8 Å². The summed E-state index contributed by atoms with van der Waals surface area (Å²) in [5.41, 5.74) is 3.51. The summed E-state index contributed by atoms with van der Waals surface area (Å²) < 4.78 is 62.5. The molecule has 7 heterocycles. The molecule has 1 aliphatic carbocycles. The van der Waals surface area contributed by atoms with E-state index in [1.165, 1.54) is 12.4 Å². The van der Waals surface area contributed by atoms with E-state index in [4.69, 9.17) is 14.2 Å². The lowest BCUT2D eigenvalue weighted by molar-refractivity contribution is -0.140. The van der Waals surface area contributed by atoms with E-state index in [0.29, 0.717) is 48.5 Å². The van der Waals surface area contributed by atoms with Crippen LogP contribution in [0.25, 0.3) is 32.9 Å². The number of benzene rings is 2. The number of rotatable bonds is 9. The van der Waals surface area contributed by atoms with Gasteiger partial charge in [-0.15, -0.1) is 0 Å². The highest BCUT2D eigenvalue weighted by Crippen LogP contribution is 2.41. The van der Waals surface area contributed by atoms with Gasteiger partial charge in [-0.2, -0.15) is 13.2 Å². The Morgan fingerprint density at radius 3 is 2.40 bits per heavy atom. The lowest BCUT2D eigenvalue weighted by Gasteiger charge is -2.40. The first-order valence-corrected chi connectivity index (χ1v) is 20.3. The molecular formula is C46H36F3N7O7. The summed E-state index contributed by atoms with van der Waals surface area (Å²) in [6.45, 7) is 1.25. The van der Waals surface area contributed by atoms with Gasteiger partial charge >= 0.3 is 6.18 Å². The van der Waals surface area contributed by atoms with Crippen molar-refractivity contribution in [3.8, 4) is 34.6 Å². The average Bonchev–Trinajstić information content (AvgIpc) is 3.67. The molecule has 2 aromatic carbocycles. The van der Waals surface area contributed by atoms with Crippen molar-refractivity contribution in [3.05, 3.63) is 108 Å². The molecule has 6 aromatic rings. The van der Waals surface area contributed by atoms with Crippen molar-refractivity contribution in [2.75, 3.05) is 24.6 Å². The Kier molecular flexibility index (Phi) is 9.82. The van der Waals surface area contributed by atoms with Gasteiger partial charge in [-0.3, -0.25) is 34.4 Å². The van der Waals surface area contributed by atoms with Gasteiger partial charge in [-0.25, -0.2) is 9.97 Å². The van der Waals surface area contributed by atoms with Gasteiger partial charge in [0.2, 0.25) is 17.7 Å². The van der Waals surface area contributed by atoms with E-state index in [0.717, 1.165) is 38.5 Å². The molecule has 1 unspecified atom stereocenters. The van der Waals surface area contributed by atoms with Crippen LogP contribution in [0.5, 0.6) is 11.6 Å². The molecule has 14 nitrogen and oxygen atoms in total. The maximum Gasteiger partial charge on any atom is 0.421 e. The summed E-state index contributed by atoms with van der Waals surface area (Å²) in [6, 6.07) is 15.9. The number of carbonyl (C=O) groups excluding carboxylic acids is 4. The third kappa shape index (κ3) is 7.45. The fourth-order valence-electron chi connectivity index (χ4n) is 8.42. The summed E-state index contributed by atoms with van der Waals surface area (Å²) in [4.78, 5) is 65.7. The number of hydrogen-bond donors (Lipinski definition) is 1. The fraction of sp³-hybridized carbons (Fsp3) is 0.283. The predicted octanol–water partition coefficient (Wildman–Crippen LogP) is 5.85. The van der Waals surface area contributed by atoms with Crippen molar-refractivity contribution in [3.63, 3.8) is 0 Å². The van der Waals surface area contributed by atoms with Crippen LogP contribution in [-0.2, 0) is 27.5 Å². The Morgan fingerprint density at radius 1 is 0.810 bits per heavy atom. The van der Waals surface area contributed by atoms with Crippen LogP contribution in [0, 0.1) is 11.8 Å². The second kappa shape index (κ2) is 15.5. The number of hydrogen-bond acceptors (Lipinski definition) is 11. The highest BCUT2D eigenvalue weighted by molar-refractivity contribution is 6.23. The van der Waals surface area contributed by atoms with E-state index in [9.17, 15) is 32.3 Å². The SMILES string of the molecule is Cn1c2ccncc2c2ccc(-c3cnc(OC4CC(Oc5ccc(C#CCOC6CN(c7ccc8c(c7)C(=O)N(C7CCC(=O)NC7=O)C8=O)C6)nc5)C4)c(C(F)(F)F)c3)cc21. The molecule has 0 bridgehead atoms. The Morgan fingerprint density at radius 2 is 1.62 bits per heavy atom. The number of fused-ring (bicyclic) bond motifs is 4. The highest BCUT2D eigenvalue weighted by atomic mass is 19.4. The molecule has 4 amide bonds. The maximum absolute atomic E-state index is 14.3. The summed E-state index contributed by atoms with van der Waals surface area (Å²) in [7, 11) is 1.91. The first-order valence-electron chi connectivity index (χ1n) is 20.3. The first-order chi connectivity index (χ1) is 30.4. The maximum atomic E-state index is 14.3. The molecule has 63 heavy (non-hydrogen) atoms. The van der Waals surface area contributed by atoms with Gasteiger partial charge in [0.1, 0.15) is 41.9 Å². The zero-order valence-corrected chi connectivity index (χ0v) is 33.5. The standard InChI is InChI=1S/C46H36F3N7O7/c1-54-38-12-13-50-22-36(38)33-8-4-25(16-40(33)54)26-15-37(46(47,48)49)43(52-20-26)63-31-18-30(19-31)62-29-7-5-27(51-21-29)3-2-14-61-32-23-55(24-32)28-6-9-34-35(17-28)45(60)56(44(34)59)39-10-11-41(57)53-42(39)58/h4-9,12-13,15-17,20-22,30-32,39H,10-11,14,18-19,23-24H2,1H3,(H,53,57,58). The largest absolute Gasteiger partial charge is 0.489 e. The molecule has 3 fully saturated rings. The lowest BCUT2D eigenvalue weighted by atomic mass is 9.92.